The maximum Gasteiger partial charge on any atom is 0.331 e. The normalized spacial score (nSPS) is 18.8. The second kappa shape index (κ2) is 4.73. The average molecular weight is 218 g/mol. The van der Waals surface area contributed by atoms with Gasteiger partial charge in [-0.1, -0.05) is 25.8 Å². The van der Waals surface area contributed by atoms with Crippen molar-refractivity contribution in [2.75, 3.05) is 0 Å². The Hall–Kier alpha value is -0.930. The monoisotopic (exact) mass is 218 g/mol. The lowest BCUT2D eigenvalue weighted by atomic mass is 9.82. The summed E-state index contributed by atoms with van der Waals surface area (Å²) in [6, 6.07) is 0. The van der Waals surface area contributed by atoms with Crippen molar-refractivity contribution >= 4 is 5.97 Å². The van der Waals surface area contributed by atoms with Gasteiger partial charge in [0.25, 0.3) is 5.92 Å². The van der Waals surface area contributed by atoms with Crippen molar-refractivity contribution in [1.29, 1.82) is 0 Å². The summed E-state index contributed by atoms with van der Waals surface area (Å²) in [6.45, 7) is 3.15. The average Bonchev–Trinajstić information content (AvgIpc) is 2.18. The van der Waals surface area contributed by atoms with Gasteiger partial charge in [-0.25, -0.2) is 13.6 Å². The van der Waals surface area contributed by atoms with Gasteiger partial charge in [0.1, 0.15) is 0 Å². The Kier molecular flexibility index (Phi) is 3.83. The summed E-state index contributed by atoms with van der Waals surface area (Å²) < 4.78 is 27.2. The third-order valence-electron chi connectivity index (χ3n) is 2.95. The molecule has 86 valence electrons. The van der Waals surface area contributed by atoms with E-state index in [-0.39, 0.29) is 0 Å². The third kappa shape index (κ3) is 3.29. The second-order valence-electron chi connectivity index (χ2n) is 4.18. The molecule has 15 heavy (non-hydrogen) atoms. The number of halogens is 2. The standard InChI is InChI=1S/C11H16F2O2/c1-8(10(14)15)7-11(12,13)9-5-3-2-4-6-9/h9H,1-7H2,(H,14,15). The van der Waals surface area contributed by atoms with E-state index in [9.17, 15) is 13.6 Å². The first-order chi connectivity index (χ1) is 6.93. The van der Waals surface area contributed by atoms with E-state index in [0.717, 1.165) is 19.3 Å². The fraction of sp³-hybridized carbons (Fsp3) is 0.727. The Morgan fingerprint density at radius 1 is 1.33 bits per heavy atom. The molecule has 0 saturated heterocycles. The van der Waals surface area contributed by atoms with Crippen LogP contribution in [0.4, 0.5) is 8.78 Å². The summed E-state index contributed by atoms with van der Waals surface area (Å²) in [7, 11) is 0. The highest BCUT2D eigenvalue weighted by Crippen LogP contribution is 2.40. The molecule has 0 amide bonds. The molecule has 1 fully saturated rings. The number of hydrogen-bond acceptors (Lipinski definition) is 1. The Morgan fingerprint density at radius 3 is 2.33 bits per heavy atom. The lowest BCUT2D eigenvalue weighted by Gasteiger charge is -2.29. The minimum Gasteiger partial charge on any atom is -0.478 e. The van der Waals surface area contributed by atoms with E-state index >= 15 is 0 Å². The van der Waals surface area contributed by atoms with Crippen molar-refractivity contribution in [3.63, 3.8) is 0 Å². The van der Waals surface area contributed by atoms with Crippen LogP contribution in [0.3, 0.4) is 0 Å². The predicted octanol–water partition coefficient (Wildman–Crippen LogP) is 3.23. The molecule has 0 radical (unpaired) electrons. The van der Waals surface area contributed by atoms with E-state index in [1.165, 1.54) is 0 Å². The van der Waals surface area contributed by atoms with E-state index in [2.05, 4.69) is 6.58 Å². The maximum atomic E-state index is 13.6. The number of hydrogen-bond donors (Lipinski definition) is 1. The molecule has 0 aliphatic heterocycles. The largest absolute Gasteiger partial charge is 0.478 e. The van der Waals surface area contributed by atoms with E-state index in [1.807, 2.05) is 0 Å². The Bertz CT molecular complexity index is 255. The molecular formula is C11H16F2O2. The summed E-state index contributed by atoms with van der Waals surface area (Å²) >= 11 is 0. The Labute approximate surface area is 88.0 Å². The maximum absolute atomic E-state index is 13.6. The molecule has 0 aromatic rings. The SMILES string of the molecule is C=C(CC(F)(F)C1CCCCC1)C(=O)O. The zero-order valence-electron chi connectivity index (χ0n) is 8.64. The van der Waals surface area contributed by atoms with Crippen LogP contribution >= 0.6 is 0 Å². The summed E-state index contributed by atoms with van der Waals surface area (Å²) in [5.74, 6) is -4.90. The fourth-order valence-electron chi connectivity index (χ4n) is 2.03. The molecule has 0 aromatic carbocycles. The van der Waals surface area contributed by atoms with Crippen LogP contribution in [0.25, 0.3) is 0 Å². The summed E-state index contributed by atoms with van der Waals surface area (Å²) in [5, 5.41) is 8.51. The lowest BCUT2D eigenvalue weighted by Crippen LogP contribution is -2.31. The van der Waals surface area contributed by atoms with E-state index in [0.29, 0.717) is 12.8 Å². The van der Waals surface area contributed by atoms with Gasteiger partial charge in [0, 0.05) is 17.9 Å². The van der Waals surface area contributed by atoms with Gasteiger partial charge < -0.3 is 5.11 Å². The highest BCUT2D eigenvalue weighted by Gasteiger charge is 2.40. The van der Waals surface area contributed by atoms with E-state index in [1.54, 1.807) is 0 Å². The van der Waals surface area contributed by atoms with Crippen molar-refractivity contribution in [3.8, 4) is 0 Å². The highest BCUT2D eigenvalue weighted by atomic mass is 19.3. The zero-order chi connectivity index (χ0) is 11.5. The first-order valence-corrected chi connectivity index (χ1v) is 5.22. The van der Waals surface area contributed by atoms with Crippen LogP contribution in [0.5, 0.6) is 0 Å². The summed E-state index contributed by atoms with van der Waals surface area (Å²) in [6.07, 6.45) is 2.93. The molecule has 0 bridgehead atoms. The fourth-order valence-corrected chi connectivity index (χ4v) is 2.03. The molecular weight excluding hydrogens is 202 g/mol. The van der Waals surface area contributed by atoms with E-state index < -0.39 is 29.8 Å². The first-order valence-electron chi connectivity index (χ1n) is 5.22. The van der Waals surface area contributed by atoms with Crippen LogP contribution < -0.4 is 0 Å². The highest BCUT2D eigenvalue weighted by molar-refractivity contribution is 5.85. The number of carbonyl (C=O) groups is 1. The molecule has 0 aromatic heterocycles. The molecule has 2 nitrogen and oxygen atoms in total. The number of carboxylic acids is 1. The summed E-state index contributed by atoms with van der Waals surface area (Å²) in [5.41, 5.74) is -0.398. The minimum atomic E-state index is -2.91. The Balaban J connectivity index is 2.56. The lowest BCUT2D eigenvalue weighted by molar-refractivity contribution is -0.135. The van der Waals surface area contributed by atoms with Crippen molar-refractivity contribution in [1.82, 2.24) is 0 Å². The van der Waals surface area contributed by atoms with Crippen molar-refractivity contribution in [2.24, 2.45) is 5.92 Å². The first kappa shape index (κ1) is 12.1. The quantitative estimate of drug-likeness (QED) is 0.735. The number of rotatable bonds is 4. The third-order valence-corrected chi connectivity index (χ3v) is 2.95. The number of alkyl halides is 2. The molecule has 0 unspecified atom stereocenters. The molecule has 1 N–H and O–H groups in total. The smallest absolute Gasteiger partial charge is 0.331 e. The number of carboxylic acid groups (broad SMARTS) is 1. The topological polar surface area (TPSA) is 37.3 Å². The van der Waals surface area contributed by atoms with Crippen LogP contribution in [0.15, 0.2) is 12.2 Å². The van der Waals surface area contributed by atoms with E-state index in [4.69, 9.17) is 5.11 Å². The van der Waals surface area contributed by atoms with Crippen molar-refractivity contribution in [2.45, 2.75) is 44.4 Å². The van der Waals surface area contributed by atoms with Crippen molar-refractivity contribution in [3.05, 3.63) is 12.2 Å². The molecule has 0 heterocycles. The van der Waals surface area contributed by atoms with Crippen LogP contribution in [0.1, 0.15) is 38.5 Å². The predicted molar refractivity (Wildman–Crippen MR) is 52.9 cm³/mol. The van der Waals surface area contributed by atoms with Gasteiger partial charge in [0.15, 0.2) is 0 Å². The molecule has 1 aliphatic rings. The molecule has 1 aliphatic carbocycles. The molecule has 1 saturated carbocycles. The van der Waals surface area contributed by atoms with Gasteiger partial charge in [0.05, 0.1) is 0 Å². The molecule has 4 heteroatoms. The minimum absolute atomic E-state index is 0.398. The number of aliphatic carboxylic acids is 1. The van der Waals surface area contributed by atoms with Gasteiger partial charge in [-0.2, -0.15) is 0 Å². The van der Waals surface area contributed by atoms with Gasteiger partial charge in [-0.05, 0) is 12.8 Å². The van der Waals surface area contributed by atoms with Gasteiger partial charge in [-0.15, -0.1) is 0 Å². The molecule has 0 spiro atoms. The van der Waals surface area contributed by atoms with Crippen LogP contribution in [0.2, 0.25) is 0 Å². The van der Waals surface area contributed by atoms with Gasteiger partial charge >= 0.3 is 5.97 Å². The zero-order valence-corrected chi connectivity index (χ0v) is 8.64. The van der Waals surface area contributed by atoms with Crippen LogP contribution in [-0.2, 0) is 4.79 Å². The molecule has 0 atom stereocenters. The second-order valence-corrected chi connectivity index (χ2v) is 4.18. The van der Waals surface area contributed by atoms with Gasteiger partial charge in [0.2, 0.25) is 0 Å². The van der Waals surface area contributed by atoms with Crippen LogP contribution in [0, 0.1) is 5.92 Å². The molecule has 1 rings (SSSR count). The Morgan fingerprint density at radius 2 is 1.87 bits per heavy atom. The van der Waals surface area contributed by atoms with Crippen molar-refractivity contribution < 1.29 is 18.7 Å². The summed E-state index contributed by atoms with van der Waals surface area (Å²) in [4.78, 5) is 10.4. The van der Waals surface area contributed by atoms with Gasteiger partial charge in [-0.3, -0.25) is 0 Å². The van der Waals surface area contributed by atoms with Crippen LogP contribution in [-0.4, -0.2) is 17.0 Å².